The Hall–Kier alpha value is -1.64. The van der Waals surface area contributed by atoms with Gasteiger partial charge in [-0.15, -0.1) is 0 Å². The van der Waals surface area contributed by atoms with Crippen LogP contribution in [0.4, 0.5) is 24.5 Å². The fourth-order valence-corrected chi connectivity index (χ4v) is 3.70. The molecular formula is C14H8F3I2N3O3. The van der Waals surface area contributed by atoms with Gasteiger partial charge in [0, 0.05) is 15.2 Å². The standard InChI is InChI=1S/C14H8F3I2N3O3/c15-14(16,17)8-1-2-11(12(4-8)22(24)25)21-20-6-7-3-9(18)5-10(19)13(7)23/h1-6,21,23H/b20-6-. The Morgan fingerprint density at radius 2 is 1.92 bits per heavy atom. The Morgan fingerprint density at radius 1 is 1.24 bits per heavy atom. The van der Waals surface area contributed by atoms with Crippen molar-refractivity contribution in [3.63, 3.8) is 0 Å². The maximum absolute atomic E-state index is 12.7. The van der Waals surface area contributed by atoms with Gasteiger partial charge < -0.3 is 5.11 Å². The average molecular weight is 577 g/mol. The summed E-state index contributed by atoms with van der Waals surface area (Å²) in [6.45, 7) is 0. The number of nitro groups is 1. The van der Waals surface area contributed by atoms with E-state index in [1.54, 1.807) is 12.1 Å². The topological polar surface area (TPSA) is 87.8 Å². The van der Waals surface area contributed by atoms with Crippen LogP contribution in [0.3, 0.4) is 0 Å². The third-order valence-corrected chi connectivity index (χ3v) is 4.41. The Balaban J connectivity index is 2.30. The number of anilines is 1. The zero-order valence-corrected chi connectivity index (χ0v) is 16.3. The van der Waals surface area contributed by atoms with E-state index < -0.39 is 22.4 Å². The van der Waals surface area contributed by atoms with Gasteiger partial charge in [0.1, 0.15) is 11.4 Å². The van der Waals surface area contributed by atoms with E-state index in [2.05, 4.69) is 10.5 Å². The minimum atomic E-state index is -4.68. The first-order chi connectivity index (χ1) is 11.6. The van der Waals surface area contributed by atoms with E-state index in [1.807, 2.05) is 45.2 Å². The molecule has 0 saturated carbocycles. The maximum atomic E-state index is 12.7. The van der Waals surface area contributed by atoms with Crippen LogP contribution in [-0.4, -0.2) is 16.2 Å². The summed E-state index contributed by atoms with van der Waals surface area (Å²) in [5.41, 5.74) is 0.610. The second-order valence-electron chi connectivity index (χ2n) is 4.68. The van der Waals surface area contributed by atoms with Crippen LogP contribution in [0.25, 0.3) is 0 Å². The molecule has 0 radical (unpaired) electrons. The normalized spacial score (nSPS) is 11.7. The molecule has 132 valence electrons. The number of hydrazone groups is 1. The molecule has 0 saturated heterocycles. The second kappa shape index (κ2) is 7.72. The SMILES string of the molecule is O=[N+]([O-])c1cc(C(F)(F)F)ccc1N/N=C\c1cc(I)cc(I)c1O. The van der Waals surface area contributed by atoms with E-state index >= 15 is 0 Å². The van der Waals surface area contributed by atoms with E-state index in [1.165, 1.54) is 6.21 Å². The molecule has 2 N–H and O–H groups in total. The fraction of sp³-hybridized carbons (Fsp3) is 0.0714. The van der Waals surface area contributed by atoms with E-state index in [4.69, 9.17) is 0 Å². The van der Waals surface area contributed by atoms with Gasteiger partial charge in [-0.3, -0.25) is 15.5 Å². The first-order valence-corrected chi connectivity index (χ1v) is 8.58. The van der Waals surface area contributed by atoms with Crippen LogP contribution in [0.5, 0.6) is 5.75 Å². The Bertz CT molecular complexity index is 857. The lowest BCUT2D eigenvalue weighted by Gasteiger charge is -2.08. The lowest BCUT2D eigenvalue weighted by Crippen LogP contribution is -2.06. The molecule has 2 rings (SSSR count). The largest absolute Gasteiger partial charge is 0.506 e. The highest BCUT2D eigenvalue weighted by atomic mass is 127. The van der Waals surface area contributed by atoms with Gasteiger partial charge in [0.05, 0.1) is 20.3 Å². The monoisotopic (exact) mass is 577 g/mol. The molecule has 2 aromatic carbocycles. The molecule has 25 heavy (non-hydrogen) atoms. The van der Waals surface area contributed by atoms with E-state index in [0.717, 1.165) is 15.7 Å². The van der Waals surface area contributed by atoms with Crippen LogP contribution in [0.2, 0.25) is 0 Å². The highest BCUT2D eigenvalue weighted by Crippen LogP contribution is 2.35. The number of hydrogen-bond acceptors (Lipinski definition) is 5. The summed E-state index contributed by atoms with van der Waals surface area (Å²) in [4.78, 5) is 10.1. The first-order valence-electron chi connectivity index (χ1n) is 6.42. The minimum Gasteiger partial charge on any atom is -0.506 e. The van der Waals surface area contributed by atoms with Crippen molar-refractivity contribution in [3.8, 4) is 5.75 Å². The molecule has 0 aliphatic rings. The zero-order chi connectivity index (χ0) is 18.8. The van der Waals surface area contributed by atoms with Gasteiger partial charge in [-0.25, -0.2) is 0 Å². The van der Waals surface area contributed by atoms with E-state index in [9.17, 15) is 28.4 Å². The second-order valence-corrected chi connectivity index (χ2v) is 7.09. The van der Waals surface area contributed by atoms with Crippen molar-refractivity contribution in [2.75, 3.05) is 5.43 Å². The molecule has 0 unspecified atom stereocenters. The number of benzene rings is 2. The van der Waals surface area contributed by atoms with Gasteiger partial charge in [-0.1, -0.05) is 0 Å². The number of nitro benzene ring substituents is 1. The summed E-state index contributed by atoms with van der Waals surface area (Å²) in [6.07, 6.45) is -3.46. The predicted octanol–water partition coefficient (Wildman–Crippen LogP) is 4.97. The summed E-state index contributed by atoms with van der Waals surface area (Å²) >= 11 is 3.97. The van der Waals surface area contributed by atoms with Gasteiger partial charge in [0.2, 0.25) is 0 Å². The van der Waals surface area contributed by atoms with Crippen LogP contribution in [0, 0.1) is 17.3 Å². The number of nitrogens with one attached hydrogen (secondary N) is 1. The third-order valence-electron chi connectivity index (χ3n) is 2.97. The van der Waals surface area contributed by atoms with Crippen LogP contribution in [-0.2, 0) is 6.18 Å². The van der Waals surface area contributed by atoms with Gasteiger partial charge in [-0.2, -0.15) is 18.3 Å². The van der Waals surface area contributed by atoms with Crippen molar-refractivity contribution >= 4 is 62.8 Å². The minimum absolute atomic E-state index is 0.0199. The number of hydrogen-bond donors (Lipinski definition) is 2. The maximum Gasteiger partial charge on any atom is 0.416 e. The summed E-state index contributed by atoms with van der Waals surface area (Å²) in [5.74, 6) is -0.0199. The molecule has 2 aromatic rings. The molecular weight excluding hydrogens is 569 g/mol. The van der Waals surface area contributed by atoms with E-state index in [-0.39, 0.29) is 11.4 Å². The molecule has 0 atom stereocenters. The highest BCUT2D eigenvalue weighted by molar-refractivity contribution is 14.1. The van der Waals surface area contributed by atoms with Crippen LogP contribution in [0.1, 0.15) is 11.1 Å². The number of rotatable bonds is 4. The van der Waals surface area contributed by atoms with Gasteiger partial charge >= 0.3 is 6.18 Å². The van der Waals surface area contributed by atoms with Gasteiger partial charge in [-0.05, 0) is 69.4 Å². The molecule has 0 aliphatic carbocycles. The zero-order valence-electron chi connectivity index (χ0n) is 12.0. The van der Waals surface area contributed by atoms with Crippen molar-refractivity contribution in [2.24, 2.45) is 5.10 Å². The number of phenolic OH excluding ortho intramolecular Hbond substituents is 1. The van der Waals surface area contributed by atoms with Crippen molar-refractivity contribution in [1.29, 1.82) is 0 Å². The lowest BCUT2D eigenvalue weighted by atomic mass is 10.1. The average Bonchev–Trinajstić information content (AvgIpc) is 2.50. The summed E-state index contributed by atoms with van der Waals surface area (Å²) < 4.78 is 39.4. The van der Waals surface area contributed by atoms with Gasteiger partial charge in [0.25, 0.3) is 5.69 Å². The molecule has 0 fully saturated rings. The Labute approximate surface area is 166 Å². The van der Waals surface area contributed by atoms with Crippen molar-refractivity contribution < 1.29 is 23.2 Å². The molecule has 0 heterocycles. The molecule has 0 spiro atoms. The molecule has 0 aromatic heterocycles. The Kier molecular flexibility index (Phi) is 6.08. The summed E-state index contributed by atoms with van der Waals surface area (Å²) in [7, 11) is 0. The number of nitrogens with zero attached hydrogens (tertiary/aromatic N) is 2. The quantitative estimate of drug-likeness (QED) is 0.233. The van der Waals surface area contributed by atoms with Crippen LogP contribution >= 0.6 is 45.2 Å². The number of alkyl halides is 3. The Morgan fingerprint density at radius 3 is 2.52 bits per heavy atom. The van der Waals surface area contributed by atoms with Gasteiger partial charge in [0.15, 0.2) is 0 Å². The van der Waals surface area contributed by atoms with Crippen molar-refractivity contribution in [1.82, 2.24) is 0 Å². The number of halogens is 5. The summed E-state index contributed by atoms with van der Waals surface area (Å²) in [6, 6.07) is 5.45. The lowest BCUT2D eigenvalue weighted by molar-refractivity contribution is -0.384. The summed E-state index contributed by atoms with van der Waals surface area (Å²) in [5, 5.41) is 24.7. The molecule has 0 amide bonds. The van der Waals surface area contributed by atoms with Crippen molar-refractivity contribution in [3.05, 3.63) is 58.7 Å². The first kappa shape index (κ1) is 19.7. The molecule has 0 aliphatic heterocycles. The fourth-order valence-electron chi connectivity index (χ4n) is 1.81. The molecule has 0 bridgehead atoms. The third kappa shape index (κ3) is 4.93. The number of aromatic hydroxyl groups is 1. The van der Waals surface area contributed by atoms with Crippen molar-refractivity contribution in [2.45, 2.75) is 6.18 Å². The van der Waals surface area contributed by atoms with Crippen LogP contribution in [0.15, 0.2) is 35.4 Å². The highest BCUT2D eigenvalue weighted by Gasteiger charge is 2.33. The molecule has 11 heteroatoms. The smallest absolute Gasteiger partial charge is 0.416 e. The van der Waals surface area contributed by atoms with E-state index in [0.29, 0.717) is 15.2 Å². The number of phenols is 1. The molecule has 6 nitrogen and oxygen atoms in total. The van der Waals surface area contributed by atoms with Crippen LogP contribution < -0.4 is 5.43 Å². The predicted molar refractivity (Wildman–Crippen MR) is 103 cm³/mol.